The van der Waals surface area contributed by atoms with Crippen LogP contribution in [-0.4, -0.2) is 47.1 Å². The summed E-state index contributed by atoms with van der Waals surface area (Å²) in [5.74, 6) is 2.55. The van der Waals surface area contributed by atoms with E-state index in [9.17, 15) is 0 Å². The predicted octanol–water partition coefficient (Wildman–Crippen LogP) is -1.26. The van der Waals surface area contributed by atoms with Gasteiger partial charge in [-0.2, -0.15) is 9.97 Å². The molecule has 1 aromatic rings. The Morgan fingerprint density at radius 2 is 1.90 bits per heavy atom. The maximum Gasteiger partial charge on any atom is 0.223 e. The molecular formula is C13H26N6O2. The van der Waals surface area contributed by atoms with Crippen molar-refractivity contribution in [1.82, 2.24) is 15.3 Å². The van der Waals surface area contributed by atoms with Crippen LogP contribution in [-0.2, 0) is 6.42 Å². The molecule has 0 aromatic carbocycles. The fraction of sp³-hybridized carbons (Fsp3) is 0.692. The van der Waals surface area contributed by atoms with Crippen molar-refractivity contribution in [3.8, 4) is 0 Å². The number of nitrogens with one attached hydrogen (secondary N) is 1. The lowest BCUT2D eigenvalue weighted by atomic mass is 10.1. The Kier molecular flexibility index (Phi) is 5.70. The highest BCUT2D eigenvalue weighted by molar-refractivity contribution is 5.60. The average molecular weight is 298 g/mol. The molecule has 1 aliphatic heterocycles. The van der Waals surface area contributed by atoms with E-state index in [2.05, 4.69) is 20.2 Å². The number of nitrogens with zero attached hydrogens (tertiary/aromatic N) is 3. The molecule has 2 aliphatic rings. The number of nitrogens with two attached hydrogens (primary N) is 2. The van der Waals surface area contributed by atoms with E-state index in [1.807, 2.05) is 7.05 Å². The summed E-state index contributed by atoms with van der Waals surface area (Å²) in [5.41, 5.74) is 12.9. The van der Waals surface area contributed by atoms with Crippen LogP contribution < -0.4 is 21.7 Å². The first-order chi connectivity index (χ1) is 9.17. The minimum Gasteiger partial charge on any atom is -0.412 e. The van der Waals surface area contributed by atoms with Crippen LogP contribution in [0.2, 0.25) is 0 Å². The van der Waals surface area contributed by atoms with Crippen LogP contribution in [0.15, 0.2) is 0 Å². The number of hydrogen-bond donors (Lipinski definition) is 3. The van der Waals surface area contributed by atoms with Crippen molar-refractivity contribution in [2.45, 2.75) is 31.7 Å². The molecule has 21 heavy (non-hydrogen) atoms. The quantitative estimate of drug-likeness (QED) is 0.630. The third-order valence-corrected chi connectivity index (χ3v) is 4.12. The maximum absolute atomic E-state index is 6.06. The molecule has 1 aliphatic carbocycles. The van der Waals surface area contributed by atoms with Gasteiger partial charge in [-0.25, -0.2) is 0 Å². The first-order valence-electron chi connectivity index (χ1n) is 7.01. The van der Waals surface area contributed by atoms with Gasteiger partial charge in [-0.05, 0) is 38.6 Å². The summed E-state index contributed by atoms with van der Waals surface area (Å²) >= 11 is 0. The van der Waals surface area contributed by atoms with E-state index < -0.39 is 0 Å². The number of hydrogen-bond acceptors (Lipinski definition) is 6. The summed E-state index contributed by atoms with van der Waals surface area (Å²) < 4.78 is 0. The molecule has 1 aromatic heterocycles. The van der Waals surface area contributed by atoms with Crippen LogP contribution in [0.25, 0.3) is 0 Å². The van der Waals surface area contributed by atoms with Gasteiger partial charge in [-0.3, -0.25) is 0 Å². The van der Waals surface area contributed by atoms with Crippen molar-refractivity contribution >= 4 is 17.6 Å². The minimum atomic E-state index is 0. The van der Waals surface area contributed by atoms with Gasteiger partial charge in [0.05, 0.1) is 0 Å². The molecule has 3 rings (SSSR count). The SMILES string of the molecule is CN[C@@H]1CCN(c2nc(N)nc(N)c2CC2CC2)C1.O.O. The minimum absolute atomic E-state index is 0. The smallest absolute Gasteiger partial charge is 0.223 e. The van der Waals surface area contributed by atoms with Gasteiger partial charge in [0.1, 0.15) is 11.6 Å². The highest BCUT2D eigenvalue weighted by Crippen LogP contribution is 2.37. The molecule has 8 nitrogen and oxygen atoms in total. The summed E-state index contributed by atoms with van der Waals surface area (Å²) in [4.78, 5) is 10.9. The normalized spacial score (nSPS) is 20.8. The zero-order valence-corrected chi connectivity index (χ0v) is 12.4. The number of aromatic nitrogens is 2. The Balaban J connectivity index is 0.00000110. The zero-order chi connectivity index (χ0) is 13.4. The Labute approximate surface area is 124 Å². The molecule has 0 amide bonds. The van der Waals surface area contributed by atoms with Gasteiger partial charge in [0, 0.05) is 24.7 Å². The van der Waals surface area contributed by atoms with Gasteiger partial charge in [-0.15, -0.1) is 0 Å². The fourth-order valence-electron chi connectivity index (χ4n) is 2.76. The Morgan fingerprint density at radius 1 is 1.19 bits per heavy atom. The molecule has 1 atom stereocenters. The van der Waals surface area contributed by atoms with Crippen LogP contribution in [0.4, 0.5) is 17.6 Å². The second-order valence-corrected chi connectivity index (χ2v) is 5.64. The van der Waals surface area contributed by atoms with E-state index in [4.69, 9.17) is 11.5 Å². The van der Waals surface area contributed by atoms with Gasteiger partial charge in [0.15, 0.2) is 0 Å². The van der Waals surface area contributed by atoms with Crippen molar-refractivity contribution in [2.75, 3.05) is 36.5 Å². The van der Waals surface area contributed by atoms with Crippen molar-refractivity contribution < 1.29 is 11.0 Å². The average Bonchev–Trinajstić information content (AvgIpc) is 3.06. The lowest BCUT2D eigenvalue weighted by Crippen LogP contribution is -2.30. The molecular weight excluding hydrogens is 272 g/mol. The molecule has 1 saturated carbocycles. The number of rotatable bonds is 4. The van der Waals surface area contributed by atoms with Crippen LogP contribution in [0.1, 0.15) is 24.8 Å². The number of anilines is 3. The van der Waals surface area contributed by atoms with E-state index in [1.54, 1.807) is 0 Å². The van der Waals surface area contributed by atoms with Crippen molar-refractivity contribution in [2.24, 2.45) is 5.92 Å². The van der Waals surface area contributed by atoms with Gasteiger partial charge in [0.25, 0.3) is 0 Å². The summed E-state index contributed by atoms with van der Waals surface area (Å²) in [6.45, 7) is 1.96. The second-order valence-electron chi connectivity index (χ2n) is 5.64. The van der Waals surface area contributed by atoms with Gasteiger partial charge >= 0.3 is 0 Å². The number of nitrogen functional groups attached to an aromatic ring is 2. The van der Waals surface area contributed by atoms with Crippen molar-refractivity contribution in [1.29, 1.82) is 0 Å². The van der Waals surface area contributed by atoms with Gasteiger partial charge < -0.3 is 32.6 Å². The summed E-state index contributed by atoms with van der Waals surface area (Å²) in [6, 6.07) is 0.520. The fourth-order valence-corrected chi connectivity index (χ4v) is 2.76. The third-order valence-electron chi connectivity index (χ3n) is 4.12. The molecule has 0 spiro atoms. The van der Waals surface area contributed by atoms with Crippen molar-refractivity contribution in [3.63, 3.8) is 0 Å². The summed E-state index contributed by atoms with van der Waals surface area (Å²) in [7, 11) is 2.00. The lowest BCUT2D eigenvalue weighted by molar-refractivity contribution is 0.616. The first kappa shape index (κ1) is 17.4. The van der Waals surface area contributed by atoms with Crippen LogP contribution in [0, 0.1) is 5.92 Å². The van der Waals surface area contributed by atoms with E-state index in [-0.39, 0.29) is 16.9 Å². The lowest BCUT2D eigenvalue weighted by Gasteiger charge is -2.22. The van der Waals surface area contributed by atoms with E-state index in [1.165, 1.54) is 12.8 Å². The Hall–Kier alpha value is -1.64. The molecule has 9 N–H and O–H groups in total. The van der Waals surface area contributed by atoms with E-state index in [0.29, 0.717) is 11.9 Å². The first-order valence-corrected chi connectivity index (χ1v) is 7.01. The summed E-state index contributed by atoms with van der Waals surface area (Å²) in [6.07, 6.45) is 4.70. The topological polar surface area (TPSA) is 156 Å². The largest absolute Gasteiger partial charge is 0.412 e. The monoisotopic (exact) mass is 298 g/mol. The van der Waals surface area contributed by atoms with Gasteiger partial charge in [-0.1, -0.05) is 0 Å². The third kappa shape index (κ3) is 3.72. The maximum atomic E-state index is 6.06. The standard InChI is InChI=1S/C13H22N6.2H2O/c1-16-9-4-5-19(7-9)12-10(6-8-2-3-8)11(14)17-13(15)18-12;;/h8-9,16H,2-7H2,1H3,(H4,14,15,17,18);2*1H2/t9-;;/m1../s1. The molecule has 0 radical (unpaired) electrons. The predicted molar refractivity (Wildman–Crippen MR) is 84.2 cm³/mol. The van der Waals surface area contributed by atoms with E-state index >= 15 is 0 Å². The molecule has 0 unspecified atom stereocenters. The summed E-state index contributed by atoms with van der Waals surface area (Å²) in [5, 5.41) is 3.32. The second kappa shape index (κ2) is 6.88. The highest BCUT2D eigenvalue weighted by atomic mass is 16.0. The van der Waals surface area contributed by atoms with Gasteiger partial charge in [0.2, 0.25) is 5.95 Å². The molecule has 2 heterocycles. The van der Waals surface area contributed by atoms with Crippen LogP contribution in [0.5, 0.6) is 0 Å². The zero-order valence-electron chi connectivity index (χ0n) is 12.4. The molecule has 8 heteroatoms. The van der Waals surface area contributed by atoms with E-state index in [0.717, 1.165) is 43.2 Å². The molecule has 0 bridgehead atoms. The molecule has 2 fully saturated rings. The Morgan fingerprint density at radius 3 is 2.48 bits per heavy atom. The number of likely N-dealkylation sites (N-methyl/N-ethyl adjacent to an activating group) is 1. The Bertz CT molecular complexity index is 480. The molecule has 120 valence electrons. The van der Waals surface area contributed by atoms with Crippen LogP contribution >= 0.6 is 0 Å². The molecule has 1 saturated heterocycles. The highest BCUT2D eigenvalue weighted by Gasteiger charge is 2.29. The van der Waals surface area contributed by atoms with Crippen molar-refractivity contribution in [3.05, 3.63) is 5.56 Å². The van der Waals surface area contributed by atoms with Crippen LogP contribution in [0.3, 0.4) is 0 Å².